The smallest absolute Gasteiger partial charge is 0.305 e. The van der Waals surface area contributed by atoms with Crippen molar-refractivity contribution in [2.75, 3.05) is 0 Å². The molecule has 0 saturated heterocycles. The van der Waals surface area contributed by atoms with E-state index >= 15 is 0 Å². The molecule has 0 amide bonds. The molecule has 6 heteroatoms. The van der Waals surface area contributed by atoms with Crippen LogP contribution in [0.3, 0.4) is 0 Å². The first kappa shape index (κ1) is 11.5. The highest BCUT2D eigenvalue weighted by Gasteiger charge is 2.46. The quantitative estimate of drug-likeness (QED) is 0.645. The Labute approximate surface area is 96.0 Å². The second-order valence-corrected chi connectivity index (χ2v) is 4.27. The predicted molar refractivity (Wildman–Crippen MR) is 56.2 cm³/mol. The molecule has 0 spiro atoms. The standard InChI is InChI=1S/C11H10FNO4/c12-8-2-1-7(5-9(8)13(16)17)11(3-4-11)6-10(14)15/h1-2,5H,3-4,6H2,(H,14,15). The van der Waals surface area contributed by atoms with Crippen LogP contribution in [-0.2, 0) is 10.2 Å². The van der Waals surface area contributed by atoms with Crippen molar-refractivity contribution in [3.63, 3.8) is 0 Å². The number of hydrogen-bond acceptors (Lipinski definition) is 3. The van der Waals surface area contributed by atoms with Gasteiger partial charge in [0.1, 0.15) is 0 Å². The summed E-state index contributed by atoms with van der Waals surface area (Å²) < 4.78 is 13.1. The van der Waals surface area contributed by atoms with Gasteiger partial charge in [0.2, 0.25) is 5.82 Å². The highest BCUT2D eigenvalue weighted by atomic mass is 19.1. The summed E-state index contributed by atoms with van der Waals surface area (Å²) in [5.74, 6) is -1.85. The minimum absolute atomic E-state index is 0.0736. The van der Waals surface area contributed by atoms with Crippen LogP contribution < -0.4 is 0 Å². The van der Waals surface area contributed by atoms with E-state index < -0.39 is 27.8 Å². The molecule has 0 bridgehead atoms. The van der Waals surface area contributed by atoms with Crippen LogP contribution in [0.15, 0.2) is 18.2 Å². The zero-order valence-electron chi connectivity index (χ0n) is 8.85. The van der Waals surface area contributed by atoms with Crippen LogP contribution in [0.5, 0.6) is 0 Å². The summed E-state index contributed by atoms with van der Waals surface area (Å²) in [5, 5.41) is 19.4. The van der Waals surface area contributed by atoms with Crippen LogP contribution in [0.4, 0.5) is 10.1 Å². The van der Waals surface area contributed by atoms with Gasteiger partial charge in [-0.3, -0.25) is 14.9 Å². The van der Waals surface area contributed by atoms with Gasteiger partial charge < -0.3 is 5.11 Å². The molecule has 2 rings (SSSR count). The van der Waals surface area contributed by atoms with E-state index in [1.165, 1.54) is 6.07 Å². The fourth-order valence-electron chi connectivity index (χ4n) is 1.99. The number of carboxylic acids is 1. The van der Waals surface area contributed by atoms with E-state index in [0.717, 1.165) is 12.1 Å². The van der Waals surface area contributed by atoms with E-state index in [2.05, 4.69) is 0 Å². The van der Waals surface area contributed by atoms with Crippen LogP contribution >= 0.6 is 0 Å². The maximum absolute atomic E-state index is 13.1. The minimum atomic E-state index is -0.950. The van der Waals surface area contributed by atoms with Crippen molar-refractivity contribution in [2.24, 2.45) is 0 Å². The lowest BCUT2D eigenvalue weighted by atomic mass is 9.92. The molecule has 17 heavy (non-hydrogen) atoms. The molecule has 0 heterocycles. The average molecular weight is 239 g/mol. The Morgan fingerprint density at radius 1 is 1.53 bits per heavy atom. The third kappa shape index (κ3) is 2.11. The van der Waals surface area contributed by atoms with E-state index in [4.69, 9.17) is 5.11 Å². The Balaban J connectivity index is 2.37. The molecule has 1 aromatic carbocycles. The number of carboxylic acid groups (broad SMARTS) is 1. The zero-order chi connectivity index (χ0) is 12.6. The fourth-order valence-corrected chi connectivity index (χ4v) is 1.99. The second-order valence-electron chi connectivity index (χ2n) is 4.27. The number of rotatable bonds is 4. The number of benzene rings is 1. The number of nitro benzene ring substituents is 1. The first-order chi connectivity index (χ1) is 7.94. The monoisotopic (exact) mass is 239 g/mol. The zero-order valence-corrected chi connectivity index (χ0v) is 8.85. The largest absolute Gasteiger partial charge is 0.481 e. The Morgan fingerprint density at radius 3 is 2.65 bits per heavy atom. The fraction of sp³-hybridized carbons (Fsp3) is 0.364. The summed E-state index contributed by atoms with van der Waals surface area (Å²) in [6.45, 7) is 0. The normalized spacial score (nSPS) is 16.5. The van der Waals surface area contributed by atoms with Crippen LogP contribution in [0.2, 0.25) is 0 Å². The van der Waals surface area contributed by atoms with Gasteiger partial charge in [0.05, 0.1) is 11.3 Å². The summed E-state index contributed by atoms with van der Waals surface area (Å²) in [6.07, 6.45) is 1.26. The predicted octanol–water partition coefficient (Wildman–Crippen LogP) is 2.24. The summed E-state index contributed by atoms with van der Waals surface area (Å²) in [4.78, 5) is 20.5. The Bertz CT molecular complexity index is 496. The molecule has 1 aromatic rings. The van der Waals surface area contributed by atoms with Gasteiger partial charge in [0.15, 0.2) is 0 Å². The third-order valence-electron chi connectivity index (χ3n) is 3.10. The van der Waals surface area contributed by atoms with Gasteiger partial charge in [-0.2, -0.15) is 4.39 Å². The van der Waals surface area contributed by atoms with E-state index in [1.54, 1.807) is 0 Å². The van der Waals surface area contributed by atoms with Crippen LogP contribution in [-0.4, -0.2) is 16.0 Å². The molecule has 1 N–H and O–H groups in total. The highest BCUT2D eigenvalue weighted by Crippen LogP contribution is 2.51. The van der Waals surface area contributed by atoms with Crippen molar-refractivity contribution in [3.8, 4) is 0 Å². The number of nitrogens with zero attached hydrogens (tertiary/aromatic N) is 1. The summed E-state index contributed by atoms with van der Waals surface area (Å²) in [5.41, 5.74) is -0.600. The summed E-state index contributed by atoms with van der Waals surface area (Å²) in [6, 6.07) is 3.60. The Hall–Kier alpha value is -1.98. The van der Waals surface area contributed by atoms with Gasteiger partial charge in [-0.05, 0) is 24.5 Å². The third-order valence-corrected chi connectivity index (χ3v) is 3.10. The van der Waals surface area contributed by atoms with Crippen molar-refractivity contribution in [3.05, 3.63) is 39.7 Å². The number of nitro groups is 1. The summed E-state index contributed by atoms with van der Waals surface area (Å²) in [7, 11) is 0. The molecule has 1 aliphatic rings. The maximum Gasteiger partial charge on any atom is 0.305 e. The molecular weight excluding hydrogens is 229 g/mol. The topological polar surface area (TPSA) is 80.4 Å². The summed E-state index contributed by atoms with van der Waals surface area (Å²) >= 11 is 0. The molecule has 1 saturated carbocycles. The lowest BCUT2D eigenvalue weighted by Gasteiger charge is -2.12. The molecular formula is C11H10FNO4. The van der Waals surface area contributed by atoms with Gasteiger partial charge in [0.25, 0.3) is 0 Å². The second kappa shape index (κ2) is 3.80. The minimum Gasteiger partial charge on any atom is -0.481 e. The molecule has 0 aliphatic heterocycles. The van der Waals surface area contributed by atoms with Gasteiger partial charge in [-0.1, -0.05) is 6.07 Å². The molecule has 1 fully saturated rings. The number of hydrogen-bond donors (Lipinski definition) is 1. The van der Waals surface area contributed by atoms with Crippen molar-refractivity contribution in [2.45, 2.75) is 24.7 Å². The molecule has 1 aliphatic carbocycles. The Kier molecular flexibility index (Phi) is 2.57. The molecule has 0 atom stereocenters. The SMILES string of the molecule is O=C(O)CC1(c2ccc(F)c([N+](=O)[O-])c2)CC1. The number of halogens is 1. The van der Waals surface area contributed by atoms with E-state index in [9.17, 15) is 19.3 Å². The van der Waals surface area contributed by atoms with Crippen molar-refractivity contribution < 1.29 is 19.2 Å². The number of carbonyl (C=O) groups is 1. The Morgan fingerprint density at radius 2 is 2.18 bits per heavy atom. The maximum atomic E-state index is 13.1. The van der Waals surface area contributed by atoms with Crippen molar-refractivity contribution >= 4 is 11.7 Å². The van der Waals surface area contributed by atoms with Gasteiger partial charge in [0, 0.05) is 11.5 Å². The van der Waals surface area contributed by atoms with Crippen LogP contribution in [0, 0.1) is 15.9 Å². The van der Waals surface area contributed by atoms with Gasteiger partial charge in [-0.25, -0.2) is 0 Å². The molecule has 90 valence electrons. The molecule has 0 unspecified atom stereocenters. The van der Waals surface area contributed by atoms with Gasteiger partial charge >= 0.3 is 11.7 Å². The number of aliphatic carboxylic acids is 1. The lowest BCUT2D eigenvalue weighted by molar-refractivity contribution is -0.387. The average Bonchev–Trinajstić information content (AvgIpc) is 2.97. The molecule has 0 aromatic heterocycles. The lowest BCUT2D eigenvalue weighted by Crippen LogP contribution is -2.13. The highest BCUT2D eigenvalue weighted by molar-refractivity contribution is 5.70. The first-order valence-electron chi connectivity index (χ1n) is 5.11. The molecule has 5 nitrogen and oxygen atoms in total. The van der Waals surface area contributed by atoms with E-state index in [0.29, 0.717) is 18.4 Å². The van der Waals surface area contributed by atoms with Crippen molar-refractivity contribution in [1.82, 2.24) is 0 Å². The van der Waals surface area contributed by atoms with Crippen LogP contribution in [0.1, 0.15) is 24.8 Å². The molecule has 0 radical (unpaired) electrons. The van der Waals surface area contributed by atoms with E-state index in [-0.39, 0.29) is 6.42 Å². The van der Waals surface area contributed by atoms with Gasteiger partial charge in [-0.15, -0.1) is 0 Å². The van der Waals surface area contributed by atoms with E-state index in [1.807, 2.05) is 0 Å². The van der Waals surface area contributed by atoms with Crippen molar-refractivity contribution in [1.29, 1.82) is 0 Å². The first-order valence-corrected chi connectivity index (χ1v) is 5.11. The van der Waals surface area contributed by atoms with Crippen LogP contribution in [0.25, 0.3) is 0 Å².